The van der Waals surface area contributed by atoms with Gasteiger partial charge in [-0.3, -0.25) is 10.4 Å². The van der Waals surface area contributed by atoms with E-state index in [2.05, 4.69) is 11.6 Å². The van der Waals surface area contributed by atoms with Crippen molar-refractivity contribution in [2.75, 3.05) is 6.54 Å². The zero-order valence-electron chi connectivity index (χ0n) is 13.7. The second-order valence-electron chi connectivity index (χ2n) is 5.34. The van der Waals surface area contributed by atoms with Crippen molar-refractivity contribution in [2.45, 2.75) is 13.3 Å². The lowest BCUT2D eigenvalue weighted by Gasteiger charge is -2.22. The maximum atomic E-state index is 7.55. The van der Waals surface area contributed by atoms with Gasteiger partial charge in [-0.2, -0.15) is 0 Å². The Morgan fingerprint density at radius 2 is 2.04 bits per heavy atom. The number of nitrogens with zero attached hydrogens (tertiary/aromatic N) is 2. The number of halogens is 1. The van der Waals surface area contributed by atoms with Gasteiger partial charge in [0.15, 0.2) is 0 Å². The lowest BCUT2D eigenvalue weighted by molar-refractivity contribution is 0.531. The van der Waals surface area contributed by atoms with Crippen LogP contribution in [0, 0.1) is 5.41 Å². The molecule has 124 valence electrons. The molecule has 0 bridgehead atoms. The maximum absolute atomic E-state index is 7.55. The quantitative estimate of drug-likeness (QED) is 0.590. The van der Waals surface area contributed by atoms with Crippen molar-refractivity contribution in [3.05, 3.63) is 83.3 Å². The van der Waals surface area contributed by atoms with Crippen LogP contribution in [0.3, 0.4) is 0 Å². The summed E-state index contributed by atoms with van der Waals surface area (Å²) in [7, 11) is 0. The standard InChI is InChI=1S/C19H21ClN4/c1-3-11-24(12-9-15-4-6-17(20)7-5-15)14(2)18-13-16(19(21)22)8-10-23-18/h3-8,10-11,13H,2,9,12H2,1H3,(H3,21,22)/b11-3-. The first-order valence-corrected chi connectivity index (χ1v) is 8.02. The van der Waals surface area contributed by atoms with Gasteiger partial charge in [0.1, 0.15) is 5.84 Å². The molecular formula is C19H21ClN4. The molecule has 5 heteroatoms. The Morgan fingerprint density at radius 1 is 1.33 bits per heavy atom. The highest BCUT2D eigenvalue weighted by Gasteiger charge is 2.10. The summed E-state index contributed by atoms with van der Waals surface area (Å²) in [5, 5.41) is 8.29. The van der Waals surface area contributed by atoms with Crippen molar-refractivity contribution < 1.29 is 0 Å². The lowest BCUT2D eigenvalue weighted by Crippen LogP contribution is -2.19. The minimum atomic E-state index is 0.0187. The summed E-state index contributed by atoms with van der Waals surface area (Å²) in [6, 6.07) is 11.3. The first kappa shape index (κ1) is 17.8. The molecule has 2 rings (SSSR count). The number of nitrogens with two attached hydrogens (primary N) is 1. The first-order chi connectivity index (χ1) is 11.5. The number of pyridine rings is 1. The van der Waals surface area contributed by atoms with Crippen molar-refractivity contribution >= 4 is 23.1 Å². The van der Waals surface area contributed by atoms with E-state index in [9.17, 15) is 0 Å². The number of hydrogen-bond acceptors (Lipinski definition) is 3. The van der Waals surface area contributed by atoms with E-state index in [4.69, 9.17) is 22.7 Å². The summed E-state index contributed by atoms with van der Waals surface area (Å²) in [6.45, 7) is 6.87. The smallest absolute Gasteiger partial charge is 0.122 e. The lowest BCUT2D eigenvalue weighted by atomic mass is 10.1. The maximum Gasteiger partial charge on any atom is 0.122 e. The molecule has 1 aromatic heterocycles. The summed E-state index contributed by atoms with van der Waals surface area (Å²) in [6.07, 6.45) is 6.43. The molecule has 0 aliphatic rings. The molecule has 0 amide bonds. The molecule has 0 aliphatic carbocycles. The average molecular weight is 341 g/mol. The second-order valence-corrected chi connectivity index (χ2v) is 5.78. The molecule has 2 aromatic rings. The number of allylic oxidation sites excluding steroid dienone is 1. The fraction of sp³-hybridized carbons (Fsp3) is 0.158. The number of benzene rings is 1. The summed E-state index contributed by atoms with van der Waals surface area (Å²) >= 11 is 5.92. The Morgan fingerprint density at radius 3 is 2.67 bits per heavy atom. The van der Waals surface area contributed by atoms with Crippen LogP contribution in [-0.4, -0.2) is 22.3 Å². The Kier molecular flexibility index (Phi) is 6.15. The van der Waals surface area contributed by atoms with Crippen molar-refractivity contribution in [2.24, 2.45) is 5.73 Å². The van der Waals surface area contributed by atoms with Crippen LogP contribution in [0.15, 0.2) is 61.4 Å². The number of rotatable bonds is 7. The van der Waals surface area contributed by atoms with Crippen molar-refractivity contribution in [1.29, 1.82) is 5.41 Å². The number of nitrogens with one attached hydrogen (secondary N) is 1. The Hall–Kier alpha value is -2.59. The molecule has 0 saturated heterocycles. The third kappa shape index (κ3) is 4.70. The third-order valence-electron chi connectivity index (χ3n) is 3.60. The van der Waals surface area contributed by atoms with Gasteiger partial charge in [-0.15, -0.1) is 0 Å². The van der Waals surface area contributed by atoms with Gasteiger partial charge in [0.05, 0.1) is 11.4 Å². The predicted molar refractivity (Wildman–Crippen MR) is 101 cm³/mol. The molecule has 0 unspecified atom stereocenters. The van der Waals surface area contributed by atoms with E-state index < -0.39 is 0 Å². The van der Waals surface area contributed by atoms with Crippen LogP contribution >= 0.6 is 11.6 Å². The van der Waals surface area contributed by atoms with Gasteiger partial charge in [-0.05, 0) is 49.4 Å². The highest BCUT2D eigenvalue weighted by molar-refractivity contribution is 6.30. The van der Waals surface area contributed by atoms with Gasteiger partial charge in [-0.1, -0.05) is 36.4 Å². The molecule has 1 aromatic carbocycles. The zero-order chi connectivity index (χ0) is 17.5. The van der Waals surface area contributed by atoms with E-state index in [-0.39, 0.29) is 5.84 Å². The molecular weight excluding hydrogens is 320 g/mol. The van der Waals surface area contributed by atoms with Crippen LogP contribution in [0.25, 0.3) is 5.70 Å². The second kappa shape index (κ2) is 8.31. The normalized spacial score (nSPS) is 10.8. The van der Waals surface area contributed by atoms with Crippen LogP contribution in [0.4, 0.5) is 0 Å². The number of nitrogen functional groups attached to an aromatic ring is 1. The molecule has 4 nitrogen and oxygen atoms in total. The number of amidine groups is 1. The summed E-state index contributed by atoms with van der Waals surface area (Å²) < 4.78 is 0. The van der Waals surface area contributed by atoms with Gasteiger partial charge in [-0.25, -0.2) is 0 Å². The highest BCUT2D eigenvalue weighted by Crippen LogP contribution is 2.18. The average Bonchev–Trinajstić information content (AvgIpc) is 2.59. The van der Waals surface area contributed by atoms with E-state index in [0.29, 0.717) is 11.3 Å². The molecule has 0 aliphatic heterocycles. The predicted octanol–water partition coefficient (Wildman–Crippen LogP) is 4.07. The van der Waals surface area contributed by atoms with E-state index in [1.807, 2.05) is 48.4 Å². The van der Waals surface area contributed by atoms with E-state index in [1.165, 1.54) is 5.56 Å². The van der Waals surface area contributed by atoms with E-state index in [1.54, 1.807) is 18.3 Å². The first-order valence-electron chi connectivity index (χ1n) is 7.65. The topological polar surface area (TPSA) is 66.0 Å². The largest absolute Gasteiger partial charge is 0.384 e. The summed E-state index contributed by atoms with van der Waals surface area (Å²) in [5.74, 6) is 0.0187. The van der Waals surface area contributed by atoms with E-state index in [0.717, 1.165) is 23.7 Å². The molecule has 1 heterocycles. The molecule has 0 atom stereocenters. The third-order valence-corrected chi connectivity index (χ3v) is 3.85. The van der Waals surface area contributed by atoms with Gasteiger partial charge < -0.3 is 10.6 Å². The van der Waals surface area contributed by atoms with Gasteiger partial charge in [0, 0.05) is 23.3 Å². The number of hydrogen-bond donors (Lipinski definition) is 2. The fourth-order valence-corrected chi connectivity index (χ4v) is 2.41. The van der Waals surface area contributed by atoms with Gasteiger partial charge in [0.25, 0.3) is 0 Å². The van der Waals surface area contributed by atoms with E-state index >= 15 is 0 Å². The summed E-state index contributed by atoms with van der Waals surface area (Å²) in [5.41, 5.74) is 8.87. The highest BCUT2D eigenvalue weighted by atomic mass is 35.5. The van der Waals surface area contributed by atoms with Crippen LogP contribution in [-0.2, 0) is 6.42 Å². The van der Waals surface area contributed by atoms with Gasteiger partial charge in [0.2, 0.25) is 0 Å². The zero-order valence-corrected chi connectivity index (χ0v) is 14.4. The van der Waals surface area contributed by atoms with Crippen LogP contribution < -0.4 is 5.73 Å². The molecule has 0 radical (unpaired) electrons. The SMILES string of the molecule is C=C(c1cc(C(=N)N)ccn1)N(/C=C\C)CCc1ccc(Cl)cc1. The molecule has 0 fully saturated rings. The number of aromatic nitrogens is 1. The van der Waals surface area contributed by atoms with Crippen molar-refractivity contribution in [3.63, 3.8) is 0 Å². The monoisotopic (exact) mass is 340 g/mol. The fourth-order valence-electron chi connectivity index (χ4n) is 2.28. The van der Waals surface area contributed by atoms with Crippen molar-refractivity contribution in [3.8, 4) is 0 Å². The Balaban J connectivity index is 2.14. The van der Waals surface area contributed by atoms with Crippen LogP contribution in [0.2, 0.25) is 5.02 Å². The van der Waals surface area contributed by atoms with Crippen LogP contribution in [0.1, 0.15) is 23.7 Å². The van der Waals surface area contributed by atoms with Crippen molar-refractivity contribution in [1.82, 2.24) is 9.88 Å². The molecule has 0 saturated carbocycles. The minimum Gasteiger partial charge on any atom is -0.384 e. The van der Waals surface area contributed by atoms with Crippen LogP contribution in [0.5, 0.6) is 0 Å². The molecule has 0 spiro atoms. The summed E-state index contributed by atoms with van der Waals surface area (Å²) in [4.78, 5) is 6.39. The molecule has 24 heavy (non-hydrogen) atoms. The van der Waals surface area contributed by atoms with Gasteiger partial charge >= 0.3 is 0 Å². The molecule has 3 N–H and O–H groups in total. The Bertz CT molecular complexity index is 750. The Labute approximate surface area is 147 Å². The minimum absolute atomic E-state index is 0.0187.